The first-order chi connectivity index (χ1) is 13.8. The van der Waals surface area contributed by atoms with E-state index in [1.54, 1.807) is 23.3 Å². The molecule has 4 heterocycles. The molecule has 28 heavy (non-hydrogen) atoms. The molecule has 1 fully saturated rings. The predicted molar refractivity (Wildman–Crippen MR) is 107 cm³/mol. The highest BCUT2D eigenvalue weighted by Crippen LogP contribution is 2.13. The maximum absolute atomic E-state index is 12.4. The van der Waals surface area contributed by atoms with Crippen molar-refractivity contribution in [3.8, 4) is 0 Å². The zero-order valence-corrected chi connectivity index (χ0v) is 15.6. The van der Waals surface area contributed by atoms with Gasteiger partial charge in [-0.1, -0.05) is 6.07 Å². The van der Waals surface area contributed by atoms with E-state index in [-0.39, 0.29) is 5.91 Å². The molecule has 0 unspecified atom stereocenters. The Hall–Kier alpha value is -3.26. The van der Waals surface area contributed by atoms with Crippen LogP contribution in [0.4, 0.5) is 11.5 Å². The predicted octanol–water partition coefficient (Wildman–Crippen LogP) is 1.48. The summed E-state index contributed by atoms with van der Waals surface area (Å²) in [6.45, 7) is 4.44. The first kappa shape index (κ1) is 18.1. The molecule has 144 valence electrons. The summed E-state index contributed by atoms with van der Waals surface area (Å²) in [5.41, 5.74) is 1.83. The van der Waals surface area contributed by atoms with E-state index >= 15 is 0 Å². The molecule has 0 aliphatic carbocycles. The van der Waals surface area contributed by atoms with Gasteiger partial charge >= 0.3 is 0 Å². The van der Waals surface area contributed by atoms with E-state index in [0.29, 0.717) is 18.8 Å². The topological polar surface area (TPSA) is 79.2 Å². The van der Waals surface area contributed by atoms with Crippen LogP contribution in [0.5, 0.6) is 0 Å². The second kappa shape index (κ2) is 8.62. The fourth-order valence-corrected chi connectivity index (χ4v) is 3.27. The minimum Gasteiger partial charge on any atom is -0.354 e. The van der Waals surface area contributed by atoms with Gasteiger partial charge in [0.1, 0.15) is 5.82 Å². The minimum absolute atomic E-state index is 0.0188. The molecule has 1 aliphatic rings. The molecular formula is C20H23N7O. The fraction of sp³-hybridized carbons (Fsp3) is 0.300. The van der Waals surface area contributed by atoms with Crippen molar-refractivity contribution in [3.63, 3.8) is 0 Å². The molecule has 0 saturated carbocycles. The first-order valence-corrected chi connectivity index (χ1v) is 9.36. The van der Waals surface area contributed by atoms with Gasteiger partial charge in [0.25, 0.3) is 0 Å². The molecule has 3 aromatic heterocycles. The van der Waals surface area contributed by atoms with Gasteiger partial charge in [-0.3, -0.25) is 19.4 Å². The molecule has 0 bridgehead atoms. The maximum atomic E-state index is 12.4. The van der Waals surface area contributed by atoms with Crippen LogP contribution in [-0.4, -0.2) is 63.3 Å². The largest absolute Gasteiger partial charge is 0.354 e. The van der Waals surface area contributed by atoms with Crippen LogP contribution in [0.3, 0.4) is 0 Å². The Morgan fingerprint density at radius 1 is 1.04 bits per heavy atom. The zero-order chi connectivity index (χ0) is 19.2. The molecule has 1 aliphatic heterocycles. The molecule has 8 heteroatoms. The Morgan fingerprint density at radius 3 is 2.61 bits per heavy atom. The van der Waals surface area contributed by atoms with Crippen LogP contribution in [0.1, 0.15) is 5.56 Å². The van der Waals surface area contributed by atoms with Gasteiger partial charge in [-0.05, 0) is 29.8 Å². The average molecular weight is 377 g/mol. The normalized spacial score (nSPS) is 14.8. The van der Waals surface area contributed by atoms with Crippen molar-refractivity contribution in [3.05, 3.63) is 66.9 Å². The Morgan fingerprint density at radius 2 is 1.86 bits per heavy atom. The molecule has 0 radical (unpaired) electrons. The maximum Gasteiger partial charge on any atom is 0.238 e. The number of carbonyl (C=O) groups is 1. The molecule has 0 spiro atoms. The number of aromatic nitrogens is 4. The SMILES string of the molecule is O=C(CN1CCN(c2ccccn2)CC1)Nc1cnn(Cc2ccncc2)c1. The number of pyridine rings is 2. The van der Waals surface area contributed by atoms with Crippen LogP contribution in [-0.2, 0) is 11.3 Å². The van der Waals surface area contributed by atoms with Crippen LogP contribution in [0, 0.1) is 0 Å². The lowest BCUT2D eigenvalue weighted by Crippen LogP contribution is -2.48. The van der Waals surface area contributed by atoms with Crippen LogP contribution in [0.2, 0.25) is 0 Å². The third-order valence-electron chi connectivity index (χ3n) is 4.72. The van der Waals surface area contributed by atoms with Crippen molar-refractivity contribution in [1.82, 2.24) is 24.6 Å². The van der Waals surface area contributed by atoms with Crippen molar-refractivity contribution < 1.29 is 4.79 Å². The number of rotatable bonds is 6. The molecule has 1 amide bonds. The van der Waals surface area contributed by atoms with E-state index in [1.165, 1.54) is 0 Å². The molecule has 1 N–H and O–H groups in total. The van der Waals surface area contributed by atoms with E-state index in [1.807, 2.05) is 42.7 Å². The van der Waals surface area contributed by atoms with Crippen molar-refractivity contribution in [2.24, 2.45) is 0 Å². The number of hydrogen-bond acceptors (Lipinski definition) is 6. The summed E-state index contributed by atoms with van der Waals surface area (Å²) in [4.78, 5) is 25.2. The molecule has 0 aromatic carbocycles. The second-order valence-electron chi connectivity index (χ2n) is 6.78. The summed E-state index contributed by atoms with van der Waals surface area (Å²) < 4.78 is 1.80. The van der Waals surface area contributed by atoms with Gasteiger partial charge in [0, 0.05) is 51.0 Å². The van der Waals surface area contributed by atoms with Gasteiger partial charge < -0.3 is 10.2 Å². The molecular weight excluding hydrogens is 354 g/mol. The summed E-state index contributed by atoms with van der Waals surface area (Å²) >= 11 is 0. The second-order valence-corrected chi connectivity index (χ2v) is 6.78. The Kier molecular flexibility index (Phi) is 5.58. The lowest BCUT2D eigenvalue weighted by molar-refractivity contribution is -0.117. The third kappa shape index (κ3) is 4.72. The van der Waals surface area contributed by atoms with Crippen molar-refractivity contribution in [2.45, 2.75) is 6.54 Å². The Bertz CT molecular complexity index is 889. The zero-order valence-electron chi connectivity index (χ0n) is 15.6. The quantitative estimate of drug-likeness (QED) is 0.701. The number of hydrogen-bond donors (Lipinski definition) is 1. The fourth-order valence-electron chi connectivity index (χ4n) is 3.27. The van der Waals surface area contributed by atoms with Crippen molar-refractivity contribution in [2.75, 3.05) is 42.9 Å². The minimum atomic E-state index is -0.0188. The summed E-state index contributed by atoms with van der Waals surface area (Å²) in [5, 5.41) is 7.25. The third-order valence-corrected chi connectivity index (χ3v) is 4.72. The molecule has 3 aromatic rings. The smallest absolute Gasteiger partial charge is 0.238 e. The van der Waals surface area contributed by atoms with Gasteiger partial charge in [0.15, 0.2) is 0 Å². The molecule has 0 atom stereocenters. The molecule has 4 rings (SSSR count). The van der Waals surface area contributed by atoms with Crippen LogP contribution in [0.15, 0.2) is 61.3 Å². The van der Waals surface area contributed by atoms with Crippen LogP contribution < -0.4 is 10.2 Å². The lowest BCUT2D eigenvalue weighted by atomic mass is 10.3. The summed E-state index contributed by atoms with van der Waals surface area (Å²) in [6.07, 6.45) is 8.85. The van der Waals surface area contributed by atoms with E-state index in [2.05, 4.69) is 30.2 Å². The highest BCUT2D eigenvalue weighted by molar-refractivity contribution is 5.92. The highest BCUT2D eigenvalue weighted by Gasteiger charge is 2.19. The van der Waals surface area contributed by atoms with E-state index in [0.717, 1.165) is 37.6 Å². The van der Waals surface area contributed by atoms with E-state index in [9.17, 15) is 4.79 Å². The highest BCUT2D eigenvalue weighted by atomic mass is 16.2. The number of amides is 1. The number of nitrogens with zero attached hydrogens (tertiary/aromatic N) is 6. The first-order valence-electron chi connectivity index (χ1n) is 9.36. The molecule has 8 nitrogen and oxygen atoms in total. The van der Waals surface area contributed by atoms with Crippen molar-refractivity contribution in [1.29, 1.82) is 0 Å². The summed E-state index contributed by atoms with van der Waals surface area (Å²) in [5.74, 6) is 0.975. The van der Waals surface area contributed by atoms with Gasteiger partial charge in [-0.2, -0.15) is 5.10 Å². The van der Waals surface area contributed by atoms with E-state index in [4.69, 9.17) is 0 Å². The standard InChI is InChI=1S/C20H23N7O/c28-20(16-25-9-11-26(12-10-25)19-3-1-2-6-22-19)24-18-13-23-27(15-18)14-17-4-7-21-8-5-17/h1-8,13,15H,9-12,14,16H2,(H,24,28). The van der Waals surface area contributed by atoms with Crippen LogP contribution in [0.25, 0.3) is 0 Å². The lowest BCUT2D eigenvalue weighted by Gasteiger charge is -2.34. The number of nitrogens with one attached hydrogen (secondary N) is 1. The van der Waals surface area contributed by atoms with Gasteiger partial charge in [-0.15, -0.1) is 0 Å². The number of anilines is 2. The van der Waals surface area contributed by atoms with Crippen molar-refractivity contribution >= 4 is 17.4 Å². The summed E-state index contributed by atoms with van der Waals surface area (Å²) in [7, 11) is 0. The number of carbonyl (C=O) groups excluding carboxylic acids is 1. The summed E-state index contributed by atoms with van der Waals surface area (Å²) in [6, 6.07) is 9.83. The Labute approximate surface area is 163 Å². The van der Waals surface area contributed by atoms with E-state index < -0.39 is 0 Å². The van der Waals surface area contributed by atoms with Gasteiger partial charge in [0.2, 0.25) is 5.91 Å². The molecule has 1 saturated heterocycles. The Balaban J connectivity index is 1.24. The van der Waals surface area contributed by atoms with Gasteiger partial charge in [-0.25, -0.2) is 4.98 Å². The monoisotopic (exact) mass is 377 g/mol. The van der Waals surface area contributed by atoms with Crippen LogP contribution >= 0.6 is 0 Å². The van der Waals surface area contributed by atoms with Gasteiger partial charge in [0.05, 0.1) is 25.0 Å². The number of piperazine rings is 1. The average Bonchev–Trinajstić information content (AvgIpc) is 3.16.